The van der Waals surface area contributed by atoms with E-state index < -0.39 is 11.8 Å². The minimum absolute atomic E-state index is 0.114. The van der Waals surface area contributed by atoms with Crippen LogP contribution in [0.2, 0.25) is 0 Å². The van der Waals surface area contributed by atoms with Crippen molar-refractivity contribution in [2.45, 2.75) is 0 Å². The summed E-state index contributed by atoms with van der Waals surface area (Å²) in [5.74, 6) is -0.713. The van der Waals surface area contributed by atoms with E-state index in [0.29, 0.717) is 5.69 Å². The Labute approximate surface area is 118 Å². The molecule has 3 rings (SSSR count). The molecule has 0 amide bonds. The molecule has 0 spiro atoms. The summed E-state index contributed by atoms with van der Waals surface area (Å²) in [6.07, 6.45) is 0. The summed E-state index contributed by atoms with van der Waals surface area (Å²) in [6.45, 7) is 0. The van der Waals surface area contributed by atoms with Gasteiger partial charge in [-0.3, -0.25) is 0 Å². The van der Waals surface area contributed by atoms with E-state index in [1.54, 1.807) is 6.07 Å². The molecule has 0 saturated heterocycles. The Balaban J connectivity index is 2.22. The molecule has 7 heteroatoms. The zero-order chi connectivity index (χ0) is 15.0. The van der Waals surface area contributed by atoms with Gasteiger partial charge in [0.2, 0.25) is 0 Å². The average molecular weight is 287 g/mol. The molecule has 3 aromatic rings. The minimum Gasteiger partial charge on any atom is -0.508 e. The van der Waals surface area contributed by atoms with Gasteiger partial charge in [0.15, 0.2) is 5.82 Å². The molecule has 106 valence electrons. The molecule has 0 radical (unpaired) electrons. The van der Waals surface area contributed by atoms with Gasteiger partial charge in [-0.1, -0.05) is 11.2 Å². The first kappa shape index (κ1) is 12.9. The van der Waals surface area contributed by atoms with Crippen LogP contribution in [0.15, 0.2) is 42.5 Å². The van der Waals surface area contributed by atoms with Crippen molar-refractivity contribution in [2.24, 2.45) is 0 Å². The molecule has 0 unspecified atom stereocenters. The SMILES string of the molecule is Oc1ccc(-c2nnc(O)n2-c2cccc(F)c2)c(O)c1. The molecule has 0 aliphatic heterocycles. The van der Waals surface area contributed by atoms with Gasteiger partial charge in [0.25, 0.3) is 0 Å². The highest BCUT2D eigenvalue weighted by atomic mass is 19.1. The Morgan fingerprint density at radius 3 is 2.48 bits per heavy atom. The maximum absolute atomic E-state index is 13.3. The van der Waals surface area contributed by atoms with E-state index in [2.05, 4.69) is 10.2 Å². The number of aromatic hydroxyl groups is 3. The fraction of sp³-hybridized carbons (Fsp3) is 0. The lowest BCUT2D eigenvalue weighted by Gasteiger charge is -2.09. The molecular formula is C14H10FN3O3. The number of nitrogens with zero attached hydrogens (tertiary/aromatic N) is 3. The van der Waals surface area contributed by atoms with Crippen LogP contribution < -0.4 is 0 Å². The fourth-order valence-electron chi connectivity index (χ4n) is 2.01. The maximum atomic E-state index is 13.3. The molecule has 21 heavy (non-hydrogen) atoms. The lowest BCUT2D eigenvalue weighted by Crippen LogP contribution is -1.98. The molecule has 3 N–H and O–H groups in total. The molecule has 1 aromatic heterocycles. The third-order valence-electron chi connectivity index (χ3n) is 2.93. The van der Waals surface area contributed by atoms with Crippen LogP contribution in [0, 0.1) is 5.82 Å². The second-order valence-electron chi connectivity index (χ2n) is 4.34. The summed E-state index contributed by atoms with van der Waals surface area (Å²) in [5, 5.41) is 36.3. The quantitative estimate of drug-likeness (QED) is 0.672. The molecule has 1 heterocycles. The van der Waals surface area contributed by atoms with Gasteiger partial charge in [-0.15, -0.1) is 5.10 Å². The zero-order valence-electron chi connectivity index (χ0n) is 10.6. The average Bonchev–Trinajstić information content (AvgIpc) is 2.80. The topological polar surface area (TPSA) is 91.4 Å². The predicted molar refractivity (Wildman–Crippen MR) is 71.7 cm³/mol. The number of rotatable bonds is 2. The lowest BCUT2D eigenvalue weighted by atomic mass is 10.1. The highest BCUT2D eigenvalue weighted by molar-refractivity contribution is 5.67. The van der Waals surface area contributed by atoms with Crippen LogP contribution in [0.1, 0.15) is 0 Å². The Bertz CT molecular complexity index is 817. The summed E-state index contributed by atoms with van der Waals surface area (Å²) in [7, 11) is 0. The van der Waals surface area contributed by atoms with Gasteiger partial charge in [-0.25, -0.2) is 8.96 Å². The summed E-state index contributed by atoms with van der Waals surface area (Å²) >= 11 is 0. The maximum Gasteiger partial charge on any atom is 0.319 e. The molecule has 0 aliphatic rings. The van der Waals surface area contributed by atoms with Gasteiger partial charge in [-0.2, -0.15) is 0 Å². The summed E-state index contributed by atoms with van der Waals surface area (Å²) in [4.78, 5) is 0. The second-order valence-corrected chi connectivity index (χ2v) is 4.34. The molecule has 0 fully saturated rings. The molecular weight excluding hydrogens is 277 g/mol. The van der Waals surface area contributed by atoms with Crippen LogP contribution in [0.25, 0.3) is 17.1 Å². The van der Waals surface area contributed by atoms with Crippen molar-refractivity contribution >= 4 is 0 Å². The largest absolute Gasteiger partial charge is 0.508 e. The highest BCUT2D eigenvalue weighted by Gasteiger charge is 2.18. The van der Waals surface area contributed by atoms with E-state index in [9.17, 15) is 19.7 Å². The van der Waals surface area contributed by atoms with Crippen molar-refractivity contribution in [3.8, 4) is 34.6 Å². The number of hydrogen-bond acceptors (Lipinski definition) is 5. The van der Waals surface area contributed by atoms with Crippen molar-refractivity contribution in [3.63, 3.8) is 0 Å². The van der Waals surface area contributed by atoms with E-state index in [4.69, 9.17) is 0 Å². The number of halogens is 1. The molecule has 6 nitrogen and oxygen atoms in total. The van der Waals surface area contributed by atoms with E-state index in [-0.39, 0.29) is 22.9 Å². The van der Waals surface area contributed by atoms with Crippen LogP contribution >= 0.6 is 0 Å². The van der Waals surface area contributed by atoms with Gasteiger partial charge < -0.3 is 15.3 Å². The van der Waals surface area contributed by atoms with E-state index in [1.165, 1.54) is 34.9 Å². The Morgan fingerprint density at radius 1 is 0.952 bits per heavy atom. The van der Waals surface area contributed by atoms with Crippen LogP contribution in [-0.4, -0.2) is 30.1 Å². The predicted octanol–water partition coefficient (Wildman–Crippen LogP) is 2.19. The normalized spacial score (nSPS) is 10.7. The zero-order valence-corrected chi connectivity index (χ0v) is 10.6. The standard InChI is InChI=1S/C14H10FN3O3/c15-8-2-1-3-9(6-8)18-13(16-17-14(18)21)11-5-4-10(19)7-12(11)20/h1-7,19-20H,(H,17,21). The molecule has 0 atom stereocenters. The summed E-state index contributed by atoms with van der Waals surface area (Å²) < 4.78 is 14.5. The molecule has 0 bridgehead atoms. The van der Waals surface area contributed by atoms with Crippen LogP contribution in [0.3, 0.4) is 0 Å². The third kappa shape index (κ3) is 2.25. The van der Waals surface area contributed by atoms with Gasteiger partial charge in [0, 0.05) is 6.07 Å². The first-order valence-electron chi connectivity index (χ1n) is 5.99. The number of hydrogen-bond donors (Lipinski definition) is 3. The van der Waals surface area contributed by atoms with Crippen molar-refractivity contribution in [1.82, 2.24) is 14.8 Å². The smallest absolute Gasteiger partial charge is 0.319 e. The van der Waals surface area contributed by atoms with Gasteiger partial charge >= 0.3 is 6.01 Å². The van der Waals surface area contributed by atoms with Crippen molar-refractivity contribution in [3.05, 3.63) is 48.3 Å². The number of phenols is 2. The van der Waals surface area contributed by atoms with Crippen LogP contribution in [0.5, 0.6) is 17.5 Å². The van der Waals surface area contributed by atoms with E-state index in [1.807, 2.05) is 0 Å². The van der Waals surface area contributed by atoms with Crippen molar-refractivity contribution < 1.29 is 19.7 Å². The molecule has 0 aliphatic carbocycles. The van der Waals surface area contributed by atoms with Crippen molar-refractivity contribution in [2.75, 3.05) is 0 Å². The first-order valence-corrected chi connectivity index (χ1v) is 5.99. The fourth-order valence-corrected chi connectivity index (χ4v) is 2.01. The monoisotopic (exact) mass is 287 g/mol. The number of phenolic OH excluding ortho intramolecular Hbond substituents is 2. The molecule has 0 saturated carbocycles. The first-order chi connectivity index (χ1) is 10.1. The van der Waals surface area contributed by atoms with Crippen LogP contribution in [0.4, 0.5) is 4.39 Å². The summed E-state index contributed by atoms with van der Waals surface area (Å²) in [5.41, 5.74) is 0.546. The van der Waals surface area contributed by atoms with Crippen molar-refractivity contribution in [1.29, 1.82) is 0 Å². The second kappa shape index (κ2) is 4.78. The Hall–Kier alpha value is -3.09. The number of benzene rings is 2. The number of aromatic nitrogens is 3. The highest BCUT2D eigenvalue weighted by Crippen LogP contribution is 2.33. The summed E-state index contributed by atoms with van der Waals surface area (Å²) in [6, 6.07) is 8.98. The third-order valence-corrected chi connectivity index (χ3v) is 2.93. The van der Waals surface area contributed by atoms with Gasteiger partial charge in [0.1, 0.15) is 17.3 Å². The van der Waals surface area contributed by atoms with E-state index in [0.717, 1.165) is 6.07 Å². The van der Waals surface area contributed by atoms with Gasteiger partial charge in [-0.05, 0) is 30.3 Å². The molecule has 2 aromatic carbocycles. The Morgan fingerprint density at radius 2 is 1.76 bits per heavy atom. The van der Waals surface area contributed by atoms with E-state index >= 15 is 0 Å². The Kier molecular flexibility index (Phi) is 2.94. The minimum atomic E-state index is -0.485. The van der Waals surface area contributed by atoms with Crippen LogP contribution in [-0.2, 0) is 0 Å². The van der Waals surface area contributed by atoms with Gasteiger partial charge in [0.05, 0.1) is 11.3 Å². The lowest BCUT2D eigenvalue weighted by molar-refractivity contribution is 0.420.